The highest BCUT2D eigenvalue weighted by Crippen LogP contribution is 2.25. The standard InChI is InChI=1S/C29H29Cl2N5O4/c30-19-3-1-18(2-4-19)13-21-14-20(31)15-27(32-21)40-22-7-10-35(11-8-22)17-26-33-24-5-6-25(29(37)38)34-28(24)36(26)16-23-9-12-39-23/h1-6,14-15,22-23H,7-13,16-17H2,(H,37,38)/t23-/m0/s1. The predicted octanol–water partition coefficient (Wildman–Crippen LogP) is 5.25. The molecule has 40 heavy (non-hydrogen) atoms. The third-order valence-electron chi connectivity index (χ3n) is 7.38. The lowest BCUT2D eigenvalue weighted by molar-refractivity contribution is -0.0593. The molecular formula is C29H29Cl2N5O4. The van der Waals surface area contributed by atoms with E-state index in [0.29, 0.717) is 46.6 Å². The molecule has 0 saturated carbocycles. The number of aromatic nitrogens is 4. The van der Waals surface area contributed by atoms with Crippen molar-refractivity contribution in [2.45, 2.75) is 51.0 Å². The number of hydrogen-bond acceptors (Lipinski definition) is 7. The van der Waals surface area contributed by atoms with Crippen molar-refractivity contribution in [1.82, 2.24) is 24.4 Å². The van der Waals surface area contributed by atoms with Gasteiger partial charge < -0.3 is 19.1 Å². The largest absolute Gasteiger partial charge is 0.477 e. The zero-order chi connectivity index (χ0) is 27.6. The fourth-order valence-corrected chi connectivity index (χ4v) is 5.50. The van der Waals surface area contributed by atoms with Crippen molar-refractivity contribution in [2.24, 2.45) is 0 Å². The van der Waals surface area contributed by atoms with Crippen molar-refractivity contribution in [2.75, 3.05) is 19.7 Å². The number of pyridine rings is 2. The van der Waals surface area contributed by atoms with Gasteiger partial charge in [0.05, 0.1) is 24.9 Å². The Hall–Kier alpha value is -3.24. The van der Waals surface area contributed by atoms with E-state index in [4.69, 9.17) is 42.6 Å². The van der Waals surface area contributed by atoms with E-state index in [9.17, 15) is 9.90 Å². The molecule has 3 aromatic heterocycles. The monoisotopic (exact) mass is 581 g/mol. The van der Waals surface area contributed by atoms with Gasteiger partial charge in [-0.2, -0.15) is 0 Å². The number of rotatable bonds is 9. The molecule has 4 aromatic rings. The molecule has 11 heteroatoms. The number of ether oxygens (including phenoxy) is 2. The van der Waals surface area contributed by atoms with Crippen LogP contribution in [0.25, 0.3) is 11.2 Å². The molecule has 1 aromatic carbocycles. The van der Waals surface area contributed by atoms with Crippen LogP contribution >= 0.6 is 23.2 Å². The minimum Gasteiger partial charge on any atom is -0.477 e. The molecule has 2 aliphatic heterocycles. The van der Waals surface area contributed by atoms with Gasteiger partial charge in [0.25, 0.3) is 0 Å². The van der Waals surface area contributed by atoms with Crippen LogP contribution in [0.15, 0.2) is 48.5 Å². The van der Waals surface area contributed by atoms with E-state index in [1.54, 1.807) is 12.1 Å². The number of benzene rings is 1. The maximum atomic E-state index is 11.5. The van der Waals surface area contributed by atoms with Gasteiger partial charge in [-0.3, -0.25) is 4.90 Å². The van der Waals surface area contributed by atoms with Gasteiger partial charge in [0.2, 0.25) is 5.88 Å². The minimum absolute atomic E-state index is 0.0126. The first-order valence-corrected chi connectivity index (χ1v) is 14.2. The van der Waals surface area contributed by atoms with Crippen LogP contribution in [0.2, 0.25) is 10.0 Å². The van der Waals surface area contributed by atoms with Gasteiger partial charge in [0.1, 0.15) is 17.4 Å². The number of fused-ring (bicyclic) bond motifs is 1. The Labute approximate surface area is 241 Å². The highest BCUT2D eigenvalue weighted by Gasteiger charge is 2.26. The van der Waals surface area contributed by atoms with Gasteiger partial charge in [-0.15, -0.1) is 0 Å². The first-order chi connectivity index (χ1) is 19.4. The average molecular weight is 582 g/mol. The van der Waals surface area contributed by atoms with Gasteiger partial charge in [-0.25, -0.2) is 19.7 Å². The summed E-state index contributed by atoms with van der Waals surface area (Å²) in [5.41, 5.74) is 3.24. The molecule has 5 heterocycles. The van der Waals surface area contributed by atoms with E-state index in [0.717, 1.165) is 56.0 Å². The number of carboxylic acid groups (broad SMARTS) is 1. The summed E-state index contributed by atoms with van der Waals surface area (Å²) in [6.45, 7) is 3.66. The van der Waals surface area contributed by atoms with E-state index in [-0.39, 0.29) is 17.9 Å². The van der Waals surface area contributed by atoms with Crippen molar-refractivity contribution in [3.05, 3.63) is 81.4 Å². The number of carboxylic acids is 1. The topological polar surface area (TPSA) is 103 Å². The molecule has 208 valence electrons. The summed E-state index contributed by atoms with van der Waals surface area (Å²) >= 11 is 12.4. The normalized spacial score (nSPS) is 18.1. The average Bonchev–Trinajstić information content (AvgIpc) is 3.24. The molecule has 2 fully saturated rings. The van der Waals surface area contributed by atoms with Crippen LogP contribution in [0.3, 0.4) is 0 Å². The van der Waals surface area contributed by atoms with Crippen LogP contribution in [-0.2, 0) is 24.2 Å². The van der Waals surface area contributed by atoms with Crippen LogP contribution in [-0.4, -0.2) is 67.4 Å². The van der Waals surface area contributed by atoms with Gasteiger partial charge in [0.15, 0.2) is 11.3 Å². The van der Waals surface area contributed by atoms with E-state index < -0.39 is 5.97 Å². The molecule has 2 saturated heterocycles. The SMILES string of the molecule is O=C(O)c1ccc2nc(CN3CCC(Oc4cc(Cl)cc(Cc5ccc(Cl)cc5)n4)CC3)n(C[C@@H]3CCO3)c2n1. The van der Waals surface area contributed by atoms with Gasteiger partial charge >= 0.3 is 5.97 Å². The zero-order valence-electron chi connectivity index (χ0n) is 21.8. The third kappa shape index (κ3) is 6.23. The predicted molar refractivity (Wildman–Crippen MR) is 151 cm³/mol. The molecule has 1 atom stereocenters. The lowest BCUT2D eigenvalue weighted by Gasteiger charge is -2.32. The lowest BCUT2D eigenvalue weighted by Crippen LogP contribution is -2.39. The second kappa shape index (κ2) is 11.7. The van der Waals surface area contributed by atoms with Crippen LogP contribution in [0.1, 0.15) is 46.8 Å². The molecular weight excluding hydrogens is 553 g/mol. The van der Waals surface area contributed by atoms with E-state index >= 15 is 0 Å². The molecule has 0 unspecified atom stereocenters. The number of halogens is 2. The van der Waals surface area contributed by atoms with Gasteiger partial charge in [-0.1, -0.05) is 35.3 Å². The van der Waals surface area contributed by atoms with Gasteiger partial charge in [-0.05, 0) is 55.2 Å². The minimum atomic E-state index is -1.05. The highest BCUT2D eigenvalue weighted by atomic mass is 35.5. The molecule has 1 N–H and O–H groups in total. The Morgan fingerprint density at radius 1 is 1.00 bits per heavy atom. The second-order valence-corrected chi connectivity index (χ2v) is 11.1. The lowest BCUT2D eigenvalue weighted by atomic mass is 10.1. The number of piperidine rings is 1. The Kier molecular flexibility index (Phi) is 7.89. The van der Waals surface area contributed by atoms with Crippen LogP contribution in [0.4, 0.5) is 0 Å². The van der Waals surface area contributed by atoms with E-state index in [1.165, 1.54) is 6.07 Å². The number of aromatic carboxylic acids is 1. The molecule has 0 bridgehead atoms. The summed E-state index contributed by atoms with van der Waals surface area (Å²) in [7, 11) is 0. The first-order valence-electron chi connectivity index (χ1n) is 13.4. The number of carbonyl (C=O) groups is 1. The maximum Gasteiger partial charge on any atom is 0.354 e. The van der Waals surface area contributed by atoms with E-state index in [2.05, 4.69) is 9.88 Å². The highest BCUT2D eigenvalue weighted by molar-refractivity contribution is 6.31. The first kappa shape index (κ1) is 27.0. The third-order valence-corrected chi connectivity index (χ3v) is 7.85. The summed E-state index contributed by atoms with van der Waals surface area (Å²) in [5, 5.41) is 10.7. The molecule has 6 rings (SSSR count). The van der Waals surface area contributed by atoms with Crippen molar-refractivity contribution in [1.29, 1.82) is 0 Å². The van der Waals surface area contributed by atoms with E-state index in [1.807, 2.05) is 34.9 Å². The molecule has 2 aliphatic rings. The molecule has 0 radical (unpaired) electrons. The number of imidazole rings is 1. The number of nitrogens with zero attached hydrogens (tertiary/aromatic N) is 5. The fourth-order valence-electron chi connectivity index (χ4n) is 5.16. The summed E-state index contributed by atoms with van der Waals surface area (Å²) in [4.78, 5) is 27.7. The van der Waals surface area contributed by atoms with Crippen LogP contribution in [0, 0.1) is 0 Å². The Morgan fingerprint density at radius 3 is 2.48 bits per heavy atom. The Bertz CT molecular complexity index is 1520. The summed E-state index contributed by atoms with van der Waals surface area (Å²) < 4.78 is 13.9. The van der Waals surface area contributed by atoms with Crippen molar-refractivity contribution in [3.63, 3.8) is 0 Å². The summed E-state index contributed by atoms with van der Waals surface area (Å²) in [5.74, 6) is 0.352. The van der Waals surface area contributed by atoms with Crippen molar-refractivity contribution < 1.29 is 19.4 Å². The maximum absolute atomic E-state index is 11.5. The Balaban J connectivity index is 1.10. The second-order valence-electron chi connectivity index (χ2n) is 10.3. The quantitative estimate of drug-likeness (QED) is 0.286. The molecule has 0 amide bonds. The number of hydrogen-bond donors (Lipinski definition) is 1. The summed E-state index contributed by atoms with van der Waals surface area (Å²) in [6, 6.07) is 14.6. The van der Waals surface area contributed by atoms with Crippen molar-refractivity contribution >= 4 is 40.3 Å². The van der Waals surface area contributed by atoms with Crippen LogP contribution in [0.5, 0.6) is 5.88 Å². The zero-order valence-corrected chi connectivity index (χ0v) is 23.3. The van der Waals surface area contributed by atoms with Crippen molar-refractivity contribution in [3.8, 4) is 5.88 Å². The Morgan fingerprint density at radius 2 is 1.77 bits per heavy atom. The number of likely N-dealkylation sites (tertiary alicyclic amines) is 1. The van der Waals surface area contributed by atoms with Crippen LogP contribution < -0.4 is 4.74 Å². The molecule has 0 aliphatic carbocycles. The molecule has 9 nitrogen and oxygen atoms in total. The smallest absolute Gasteiger partial charge is 0.354 e. The van der Waals surface area contributed by atoms with Gasteiger partial charge in [0, 0.05) is 42.2 Å². The molecule has 0 spiro atoms. The fraction of sp³-hybridized carbons (Fsp3) is 0.379. The summed E-state index contributed by atoms with van der Waals surface area (Å²) in [6.07, 6.45) is 3.43.